The lowest BCUT2D eigenvalue weighted by Crippen LogP contribution is -2.24. The number of aromatic nitrogens is 1. The molecule has 1 heterocycles. The zero-order valence-corrected chi connectivity index (χ0v) is 21.1. The Morgan fingerprint density at radius 1 is 1.03 bits per heavy atom. The number of pyridine rings is 1. The van der Waals surface area contributed by atoms with E-state index in [0.717, 1.165) is 5.56 Å². The third-order valence-corrected chi connectivity index (χ3v) is 7.78. The van der Waals surface area contributed by atoms with Gasteiger partial charge in [0.05, 0.1) is 11.4 Å². The Labute approximate surface area is 200 Å². The van der Waals surface area contributed by atoms with Crippen LogP contribution in [0.4, 0.5) is 10.5 Å². The zero-order chi connectivity index (χ0) is 24.6. The molecule has 1 atom stereocenters. The summed E-state index contributed by atoms with van der Waals surface area (Å²) in [7, 11) is -6.64. The van der Waals surface area contributed by atoms with Crippen molar-refractivity contribution in [2.24, 2.45) is 0 Å². The minimum absolute atomic E-state index is 0.104. The molecule has 1 aromatic heterocycles. The van der Waals surface area contributed by atoms with E-state index in [1.807, 2.05) is 36.4 Å². The van der Waals surface area contributed by atoms with E-state index in [2.05, 4.69) is 10.3 Å². The summed E-state index contributed by atoms with van der Waals surface area (Å²) in [5.74, 6) is 0.104. The number of hydrogen-bond acceptors (Lipinski definition) is 6. The Morgan fingerprint density at radius 2 is 1.74 bits per heavy atom. The van der Waals surface area contributed by atoms with E-state index in [9.17, 15) is 14.3 Å². The molecule has 2 N–H and O–H groups in total. The number of hydrogen-bond donors (Lipinski definition) is 2. The Morgan fingerprint density at radius 3 is 2.47 bits per heavy atom. The number of nitrogens with one attached hydrogen (secondary N) is 1. The molecule has 1 unspecified atom stereocenters. The van der Waals surface area contributed by atoms with Crippen molar-refractivity contribution in [3.63, 3.8) is 0 Å². The van der Waals surface area contributed by atoms with E-state index in [1.165, 1.54) is 6.07 Å². The van der Waals surface area contributed by atoms with Gasteiger partial charge >= 0.3 is 13.9 Å². The molecule has 0 aliphatic carbocycles. The molecule has 0 radical (unpaired) electrons. The Kier molecular flexibility index (Phi) is 8.41. The highest BCUT2D eigenvalue weighted by Gasteiger charge is 2.32. The van der Waals surface area contributed by atoms with E-state index >= 15 is 0 Å². The van der Waals surface area contributed by atoms with Crippen molar-refractivity contribution in [3.8, 4) is 5.75 Å². The quantitative estimate of drug-likeness (QED) is 0.262. The second kappa shape index (κ2) is 11.3. The Bertz CT molecular complexity index is 1200. The van der Waals surface area contributed by atoms with Crippen molar-refractivity contribution in [3.05, 3.63) is 89.7 Å². The molecular weight excluding hydrogens is 471 g/mol. The average Bonchev–Trinajstić information content (AvgIpc) is 2.77. The molecule has 0 aliphatic heterocycles. The maximum absolute atomic E-state index is 12.4. The van der Waals surface area contributed by atoms with Gasteiger partial charge in [0.1, 0.15) is 12.4 Å². The first-order chi connectivity index (χ1) is 16.1. The van der Waals surface area contributed by atoms with Gasteiger partial charge in [0.15, 0.2) is 8.32 Å². The summed E-state index contributed by atoms with van der Waals surface area (Å²) >= 11 is 0. The first-order valence-electron chi connectivity index (χ1n) is 10.5. The van der Waals surface area contributed by atoms with Crippen LogP contribution in [-0.4, -0.2) is 24.3 Å². The van der Waals surface area contributed by atoms with Crippen LogP contribution < -0.4 is 9.84 Å². The fourth-order valence-electron chi connectivity index (χ4n) is 2.89. The van der Waals surface area contributed by atoms with Gasteiger partial charge in [-0.1, -0.05) is 54.6 Å². The van der Waals surface area contributed by atoms with Crippen molar-refractivity contribution in [1.82, 2.24) is 4.98 Å². The number of carbonyl (C=O) groups excluding carboxylic acids is 1. The van der Waals surface area contributed by atoms with Gasteiger partial charge in [-0.25, -0.2) is 9.36 Å². The molecule has 0 saturated heterocycles. The van der Waals surface area contributed by atoms with E-state index < -0.39 is 22.2 Å². The normalized spacial score (nSPS) is 13.3. The van der Waals surface area contributed by atoms with E-state index in [0.29, 0.717) is 16.9 Å². The van der Waals surface area contributed by atoms with Crippen LogP contribution in [0.15, 0.2) is 72.9 Å². The number of nitrogens with zero attached hydrogens (tertiary/aromatic N) is 1. The van der Waals surface area contributed by atoms with Crippen molar-refractivity contribution in [2.45, 2.75) is 26.2 Å². The van der Waals surface area contributed by atoms with Crippen molar-refractivity contribution in [1.29, 1.82) is 0 Å². The molecule has 0 bridgehead atoms. The van der Waals surface area contributed by atoms with Crippen molar-refractivity contribution >= 4 is 40.1 Å². The van der Waals surface area contributed by atoms with Crippen LogP contribution in [0, 0.1) is 0 Å². The fraction of sp³-hybridized carbons (Fsp3) is 0.167. The lowest BCUT2D eigenvalue weighted by molar-refractivity contribution is 0.154. The molecular formula is C24H27N2O6PSi. The van der Waals surface area contributed by atoms with Gasteiger partial charge in [0.2, 0.25) is 0 Å². The number of phosphoric ester groups is 1. The molecule has 0 spiro atoms. The predicted octanol–water partition coefficient (Wildman–Crippen LogP) is 6.33. The van der Waals surface area contributed by atoms with Gasteiger partial charge in [-0.15, -0.1) is 0 Å². The summed E-state index contributed by atoms with van der Waals surface area (Å²) in [6.45, 7) is 5.16. The number of rotatable bonds is 9. The van der Waals surface area contributed by atoms with Gasteiger partial charge in [-0.2, -0.15) is 0 Å². The van der Waals surface area contributed by atoms with Gasteiger partial charge in [-0.3, -0.25) is 15.2 Å². The first kappa shape index (κ1) is 25.4. The summed E-state index contributed by atoms with van der Waals surface area (Å²) in [5, 5.41) is 2.68. The molecule has 3 rings (SSSR count). The summed E-state index contributed by atoms with van der Waals surface area (Å²) < 4.78 is 28.2. The average molecular weight is 499 g/mol. The summed E-state index contributed by atoms with van der Waals surface area (Å²) in [6.07, 6.45) is 4.61. The third-order valence-electron chi connectivity index (χ3n) is 4.24. The van der Waals surface area contributed by atoms with Crippen LogP contribution in [0.3, 0.4) is 0 Å². The molecule has 2 aromatic carbocycles. The van der Waals surface area contributed by atoms with Crippen LogP contribution in [0.1, 0.15) is 16.8 Å². The highest BCUT2D eigenvalue weighted by Crippen LogP contribution is 2.47. The zero-order valence-electron chi connectivity index (χ0n) is 19.2. The SMILES string of the molecule is C[Si](C)(C)OP(=O)(O)Oc1ccccc1COC(=O)Nc1cccnc1C=Cc1ccccc1. The van der Waals surface area contributed by atoms with Crippen LogP contribution in [0.2, 0.25) is 19.6 Å². The lowest BCUT2D eigenvalue weighted by Gasteiger charge is -2.22. The monoisotopic (exact) mass is 498 g/mol. The molecule has 0 saturated carbocycles. The topological polar surface area (TPSA) is 107 Å². The smallest absolute Gasteiger partial charge is 0.444 e. The maximum Gasteiger partial charge on any atom is 0.517 e. The van der Waals surface area contributed by atoms with Gasteiger partial charge in [-0.05, 0) is 49.5 Å². The molecule has 0 aliphatic rings. The fourth-order valence-corrected chi connectivity index (χ4v) is 6.23. The van der Waals surface area contributed by atoms with Gasteiger partial charge in [0, 0.05) is 11.8 Å². The van der Waals surface area contributed by atoms with Crippen LogP contribution in [0.25, 0.3) is 12.2 Å². The van der Waals surface area contributed by atoms with Gasteiger partial charge in [0.25, 0.3) is 0 Å². The number of carbonyl (C=O) groups is 1. The Balaban J connectivity index is 1.65. The standard InChI is InChI=1S/C24H27N2O6PSi/c1-34(2,3)32-33(28,29)31-23-14-8-7-12-20(23)18-30-24(27)26-22-13-9-17-25-21(22)16-15-19-10-5-4-6-11-19/h4-17H,18H2,1-3H3,(H,26,27)(H,28,29). The minimum Gasteiger partial charge on any atom is -0.444 e. The minimum atomic E-state index is -4.32. The number of benzene rings is 2. The lowest BCUT2D eigenvalue weighted by atomic mass is 10.2. The number of amides is 1. The molecule has 10 heteroatoms. The molecule has 0 fully saturated rings. The number of phosphoric acid groups is 1. The van der Waals surface area contributed by atoms with Crippen molar-refractivity contribution in [2.75, 3.05) is 5.32 Å². The Hall–Kier alpha value is -3.23. The largest absolute Gasteiger partial charge is 0.517 e. The molecule has 1 amide bonds. The van der Waals surface area contributed by atoms with E-state index in [1.54, 1.807) is 62.2 Å². The first-order valence-corrected chi connectivity index (χ1v) is 15.4. The molecule has 34 heavy (non-hydrogen) atoms. The second-order valence-electron chi connectivity index (χ2n) is 8.25. The number of ether oxygens (including phenoxy) is 1. The highest BCUT2D eigenvalue weighted by atomic mass is 31.2. The molecule has 8 nitrogen and oxygen atoms in total. The third kappa shape index (κ3) is 8.28. The predicted molar refractivity (Wildman–Crippen MR) is 135 cm³/mol. The number of anilines is 1. The van der Waals surface area contributed by atoms with Crippen LogP contribution in [-0.2, 0) is 20.1 Å². The van der Waals surface area contributed by atoms with Crippen molar-refractivity contribution < 1.29 is 27.7 Å². The number of para-hydroxylation sites is 1. The highest BCUT2D eigenvalue weighted by molar-refractivity contribution is 7.49. The van der Waals surface area contributed by atoms with Gasteiger partial charge < -0.3 is 13.5 Å². The van der Waals surface area contributed by atoms with E-state index in [4.69, 9.17) is 13.5 Å². The second-order valence-corrected chi connectivity index (χ2v) is 14.3. The van der Waals surface area contributed by atoms with Crippen LogP contribution >= 0.6 is 7.82 Å². The summed E-state index contributed by atoms with van der Waals surface area (Å²) in [4.78, 5) is 26.8. The molecule has 3 aromatic rings. The van der Waals surface area contributed by atoms with E-state index in [-0.39, 0.29) is 12.4 Å². The molecule has 178 valence electrons. The summed E-state index contributed by atoms with van der Waals surface area (Å²) in [6, 6.07) is 19.6. The maximum atomic E-state index is 12.4. The summed E-state index contributed by atoms with van der Waals surface area (Å²) in [5.41, 5.74) is 2.46. The van der Waals surface area contributed by atoms with Crippen LogP contribution in [0.5, 0.6) is 5.75 Å².